The first-order chi connectivity index (χ1) is 16.7. The summed E-state index contributed by atoms with van der Waals surface area (Å²) in [5.41, 5.74) is 4.01. The van der Waals surface area contributed by atoms with E-state index < -0.39 is 0 Å². The van der Waals surface area contributed by atoms with Gasteiger partial charge in [-0.2, -0.15) is 0 Å². The van der Waals surface area contributed by atoms with Crippen molar-refractivity contribution in [3.8, 4) is 11.5 Å². The molecule has 0 saturated carbocycles. The number of hydrogen-bond donors (Lipinski definition) is 1. The highest BCUT2D eigenvalue weighted by Crippen LogP contribution is 2.34. The molecule has 0 spiro atoms. The van der Waals surface area contributed by atoms with E-state index in [4.69, 9.17) is 9.47 Å². The van der Waals surface area contributed by atoms with Crippen molar-refractivity contribution in [2.75, 3.05) is 25.5 Å². The van der Waals surface area contributed by atoms with Gasteiger partial charge in [-0.25, -0.2) is 9.97 Å². The van der Waals surface area contributed by atoms with Crippen LogP contribution in [0.1, 0.15) is 24.0 Å². The molecule has 1 fully saturated rings. The fraction of sp³-hybridized carbons (Fsp3) is 0.286. The Labute approximate surface area is 200 Å². The molecule has 5 rings (SSSR count). The van der Waals surface area contributed by atoms with Crippen LogP contribution in [0.5, 0.6) is 11.5 Å². The number of nitrogens with zero attached hydrogens (tertiary/aromatic N) is 3. The van der Waals surface area contributed by atoms with Gasteiger partial charge in [0, 0.05) is 18.8 Å². The van der Waals surface area contributed by atoms with Crippen LogP contribution in [0.15, 0.2) is 73.1 Å². The van der Waals surface area contributed by atoms with Crippen LogP contribution >= 0.6 is 0 Å². The Kier molecular flexibility index (Phi) is 6.58. The molecule has 0 unspecified atom stereocenters. The minimum atomic E-state index is 0.207. The molecular formula is C28H30N4O2. The molecule has 34 heavy (non-hydrogen) atoms. The molecule has 1 N–H and O–H groups in total. The van der Waals surface area contributed by atoms with Crippen molar-refractivity contribution in [2.45, 2.75) is 32.5 Å². The Balaban J connectivity index is 1.35. The predicted octanol–water partition coefficient (Wildman–Crippen LogP) is 5.73. The van der Waals surface area contributed by atoms with Gasteiger partial charge in [0.2, 0.25) is 0 Å². The summed E-state index contributed by atoms with van der Waals surface area (Å²) >= 11 is 0. The average Bonchev–Trinajstić information content (AvgIpc) is 2.86. The molecule has 4 aromatic rings. The van der Waals surface area contributed by atoms with E-state index in [0.29, 0.717) is 6.61 Å². The highest BCUT2D eigenvalue weighted by Gasteiger charge is 2.20. The van der Waals surface area contributed by atoms with E-state index in [2.05, 4.69) is 52.4 Å². The van der Waals surface area contributed by atoms with Gasteiger partial charge >= 0.3 is 0 Å². The number of fused-ring (bicyclic) bond motifs is 1. The molecule has 3 aromatic carbocycles. The molecule has 1 saturated heterocycles. The van der Waals surface area contributed by atoms with E-state index in [0.717, 1.165) is 71.0 Å². The molecule has 1 aromatic heterocycles. The summed E-state index contributed by atoms with van der Waals surface area (Å²) in [7, 11) is 2.16. The first kappa shape index (κ1) is 22.2. The third-order valence-corrected chi connectivity index (χ3v) is 6.26. The molecule has 2 heterocycles. The van der Waals surface area contributed by atoms with Crippen LogP contribution in [-0.4, -0.2) is 41.1 Å². The minimum absolute atomic E-state index is 0.207. The number of rotatable bonds is 7. The smallest absolute Gasteiger partial charge is 0.145 e. The molecule has 0 amide bonds. The monoisotopic (exact) mass is 454 g/mol. The predicted molar refractivity (Wildman–Crippen MR) is 136 cm³/mol. The number of nitrogens with one attached hydrogen (secondary N) is 1. The SMILES string of the molecule is Cc1cc(Nc2ncnc3cccc(OC4CCN(C)CC4)c23)ccc1OCc1ccccc1. The van der Waals surface area contributed by atoms with Gasteiger partial charge < -0.3 is 19.7 Å². The maximum absolute atomic E-state index is 6.45. The molecule has 0 atom stereocenters. The van der Waals surface area contributed by atoms with E-state index in [-0.39, 0.29) is 6.10 Å². The van der Waals surface area contributed by atoms with Crippen molar-refractivity contribution < 1.29 is 9.47 Å². The lowest BCUT2D eigenvalue weighted by molar-refractivity contribution is 0.116. The average molecular weight is 455 g/mol. The summed E-state index contributed by atoms with van der Waals surface area (Å²) in [5.74, 6) is 2.44. The number of aromatic nitrogens is 2. The molecule has 174 valence electrons. The Morgan fingerprint density at radius 3 is 2.56 bits per heavy atom. The molecule has 0 aliphatic carbocycles. The van der Waals surface area contributed by atoms with Gasteiger partial charge in [0.25, 0.3) is 0 Å². The first-order valence-corrected chi connectivity index (χ1v) is 11.8. The first-order valence-electron chi connectivity index (χ1n) is 11.8. The van der Waals surface area contributed by atoms with Gasteiger partial charge in [0.05, 0.1) is 10.9 Å². The molecule has 0 radical (unpaired) electrons. The van der Waals surface area contributed by atoms with Crippen molar-refractivity contribution in [1.82, 2.24) is 14.9 Å². The lowest BCUT2D eigenvalue weighted by Crippen LogP contribution is -2.35. The van der Waals surface area contributed by atoms with Gasteiger partial charge in [-0.1, -0.05) is 36.4 Å². The number of hydrogen-bond acceptors (Lipinski definition) is 6. The van der Waals surface area contributed by atoms with Crippen molar-refractivity contribution in [1.29, 1.82) is 0 Å². The quantitative estimate of drug-likeness (QED) is 0.385. The largest absolute Gasteiger partial charge is 0.489 e. The maximum Gasteiger partial charge on any atom is 0.145 e. The topological polar surface area (TPSA) is 59.5 Å². The van der Waals surface area contributed by atoms with Crippen molar-refractivity contribution in [3.63, 3.8) is 0 Å². The zero-order chi connectivity index (χ0) is 23.3. The Morgan fingerprint density at radius 1 is 0.941 bits per heavy atom. The van der Waals surface area contributed by atoms with Crippen LogP contribution in [0, 0.1) is 6.92 Å². The number of likely N-dealkylation sites (tertiary alicyclic amines) is 1. The second kappa shape index (κ2) is 10.1. The van der Waals surface area contributed by atoms with E-state index in [1.807, 2.05) is 48.5 Å². The summed E-state index contributed by atoms with van der Waals surface area (Å²) in [6.07, 6.45) is 3.84. The van der Waals surface area contributed by atoms with Gasteiger partial charge in [-0.15, -0.1) is 0 Å². The number of ether oxygens (including phenoxy) is 2. The van der Waals surface area contributed by atoms with E-state index in [1.165, 1.54) is 0 Å². The third kappa shape index (κ3) is 5.13. The van der Waals surface area contributed by atoms with Crippen molar-refractivity contribution >= 4 is 22.4 Å². The molecule has 1 aliphatic rings. The second-order valence-corrected chi connectivity index (χ2v) is 8.87. The van der Waals surface area contributed by atoms with Crippen LogP contribution in [0.2, 0.25) is 0 Å². The van der Waals surface area contributed by atoms with Gasteiger partial charge in [-0.05, 0) is 68.3 Å². The second-order valence-electron chi connectivity index (χ2n) is 8.87. The summed E-state index contributed by atoms with van der Waals surface area (Å²) in [6.45, 7) is 4.70. The van der Waals surface area contributed by atoms with Crippen LogP contribution < -0.4 is 14.8 Å². The molecule has 6 heteroatoms. The fourth-order valence-corrected chi connectivity index (χ4v) is 4.31. The highest BCUT2D eigenvalue weighted by molar-refractivity contribution is 5.95. The van der Waals surface area contributed by atoms with E-state index in [1.54, 1.807) is 6.33 Å². The normalized spacial score (nSPS) is 14.8. The molecule has 6 nitrogen and oxygen atoms in total. The number of anilines is 2. The van der Waals surface area contributed by atoms with Gasteiger partial charge in [0.15, 0.2) is 0 Å². The Bertz CT molecular complexity index is 1250. The lowest BCUT2D eigenvalue weighted by atomic mass is 10.1. The lowest BCUT2D eigenvalue weighted by Gasteiger charge is -2.29. The summed E-state index contributed by atoms with van der Waals surface area (Å²) in [5, 5.41) is 4.39. The number of aryl methyl sites for hydroxylation is 1. The van der Waals surface area contributed by atoms with Crippen molar-refractivity contribution in [2.24, 2.45) is 0 Å². The van der Waals surface area contributed by atoms with E-state index in [9.17, 15) is 0 Å². The minimum Gasteiger partial charge on any atom is -0.489 e. The zero-order valence-electron chi connectivity index (χ0n) is 19.7. The van der Waals surface area contributed by atoms with Crippen LogP contribution in [-0.2, 0) is 6.61 Å². The zero-order valence-corrected chi connectivity index (χ0v) is 19.7. The Morgan fingerprint density at radius 2 is 1.76 bits per heavy atom. The fourth-order valence-electron chi connectivity index (χ4n) is 4.31. The molecule has 0 bridgehead atoms. The van der Waals surface area contributed by atoms with Crippen LogP contribution in [0.4, 0.5) is 11.5 Å². The van der Waals surface area contributed by atoms with Gasteiger partial charge in [0.1, 0.15) is 36.4 Å². The van der Waals surface area contributed by atoms with E-state index >= 15 is 0 Å². The van der Waals surface area contributed by atoms with Crippen molar-refractivity contribution in [3.05, 3.63) is 84.2 Å². The summed E-state index contributed by atoms with van der Waals surface area (Å²) in [4.78, 5) is 11.4. The van der Waals surface area contributed by atoms with Crippen LogP contribution in [0.25, 0.3) is 10.9 Å². The summed E-state index contributed by atoms with van der Waals surface area (Å²) < 4.78 is 12.5. The third-order valence-electron chi connectivity index (χ3n) is 6.26. The standard InChI is InChI=1S/C28H30N4O2/c1-20-17-22(11-12-25(20)33-18-21-7-4-3-5-8-21)31-28-27-24(29-19-30-28)9-6-10-26(27)34-23-13-15-32(2)16-14-23/h3-12,17,19,23H,13-16,18H2,1-2H3,(H,29,30,31). The van der Waals surface area contributed by atoms with Crippen LogP contribution in [0.3, 0.4) is 0 Å². The molecular weight excluding hydrogens is 424 g/mol. The molecule has 1 aliphatic heterocycles. The highest BCUT2D eigenvalue weighted by atomic mass is 16.5. The number of piperidine rings is 1. The summed E-state index contributed by atoms with van der Waals surface area (Å²) in [6, 6.07) is 22.3. The van der Waals surface area contributed by atoms with Gasteiger partial charge in [-0.3, -0.25) is 0 Å². The maximum atomic E-state index is 6.45. The Hall–Kier alpha value is -3.64. The number of benzene rings is 3.